The number of benzene rings is 2. The Kier molecular flexibility index (Phi) is 8.21. The van der Waals surface area contributed by atoms with E-state index in [4.69, 9.17) is 13.9 Å². The van der Waals surface area contributed by atoms with Crippen molar-refractivity contribution in [2.75, 3.05) is 13.7 Å². The molecule has 188 valence electrons. The lowest BCUT2D eigenvalue weighted by Gasteiger charge is -2.35. The quantitative estimate of drug-likeness (QED) is 0.310. The van der Waals surface area contributed by atoms with E-state index in [9.17, 15) is 9.59 Å². The average molecular weight is 489 g/mol. The van der Waals surface area contributed by atoms with Gasteiger partial charge in [-0.3, -0.25) is 4.79 Å². The van der Waals surface area contributed by atoms with Crippen molar-refractivity contribution in [3.63, 3.8) is 0 Å². The third-order valence-corrected chi connectivity index (χ3v) is 6.32. The van der Waals surface area contributed by atoms with Crippen LogP contribution in [0.1, 0.15) is 42.3 Å². The highest BCUT2D eigenvalue weighted by Crippen LogP contribution is 2.29. The lowest BCUT2D eigenvalue weighted by atomic mass is 9.93. The van der Waals surface area contributed by atoms with E-state index < -0.39 is 12.0 Å². The fourth-order valence-corrected chi connectivity index (χ4v) is 4.36. The van der Waals surface area contributed by atoms with Gasteiger partial charge in [-0.1, -0.05) is 43.3 Å². The Morgan fingerprint density at radius 3 is 2.69 bits per heavy atom. The number of carbonyl (C=O) groups is 2. The maximum Gasteiger partial charge on any atom is 0.328 e. The second-order valence-corrected chi connectivity index (χ2v) is 8.77. The molecule has 0 aliphatic carbocycles. The van der Waals surface area contributed by atoms with Crippen molar-refractivity contribution < 1.29 is 23.5 Å². The number of aromatic nitrogens is 1. The lowest BCUT2D eigenvalue weighted by Crippen LogP contribution is -2.49. The minimum atomic E-state index is -0.620. The van der Waals surface area contributed by atoms with E-state index >= 15 is 0 Å². The van der Waals surface area contributed by atoms with Gasteiger partial charge in [-0.2, -0.15) is 0 Å². The number of hydrogen-bond donors (Lipinski definition) is 0. The van der Waals surface area contributed by atoms with Crippen LogP contribution in [0.4, 0.5) is 0 Å². The monoisotopic (exact) mass is 488 g/mol. The Bertz CT molecular complexity index is 1230. The van der Waals surface area contributed by atoms with Crippen LogP contribution in [-0.2, 0) is 33.7 Å². The predicted molar refractivity (Wildman–Crippen MR) is 136 cm³/mol. The molecule has 4 rings (SSSR count). The number of rotatable bonds is 9. The van der Waals surface area contributed by atoms with E-state index in [1.807, 2.05) is 74.5 Å². The number of aryl methyl sites for hydroxylation is 1. The van der Waals surface area contributed by atoms with Crippen molar-refractivity contribution in [1.29, 1.82) is 0 Å². The molecule has 1 atom stereocenters. The van der Waals surface area contributed by atoms with Crippen LogP contribution in [0.2, 0.25) is 0 Å². The molecule has 36 heavy (non-hydrogen) atoms. The summed E-state index contributed by atoms with van der Waals surface area (Å²) in [5.41, 5.74) is 3.80. The summed E-state index contributed by atoms with van der Waals surface area (Å²) in [5.74, 6) is 1.61. The van der Waals surface area contributed by atoms with Gasteiger partial charge < -0.3 is 18.8 Å². The van der Waals surface area contributed by atoms with E-state index in [0.29, 0.717) is 37.6 Å². The van der Waals surface area contributed by atoms with E-state index in [1.165, 1.54) is 7.11 Å². The maximum absolute atomic E-state index is 12.9. The predicted octanol–water partition coefficient (Wildman–Crippen LogP) is 5.05. The molecule has 0 fully saturated rings. The van der Waals surface area contributed by atoms with Gasteiger partial charge in [0, 0.05) is 31.4 Å². The van der Waals surface area contributed by atoms with E-state index in [2.05, 4.69) is 4.98 Å². The second-order valence-electron chi connectivity index (χ2n) is 8.77. The SMILES string of the molecule is CC/C=C/CC(=O)N1Cc2cc(OCCc3nc(-c4ccccc4)oc3C)ccc2C[C@H]1C(=O)OC. The topological polar surface area (TPSA) is 81.9 Å². The molecule has 0 spiro atoms. The van der Waals surface area contributed by atoms with Gasteiger partial charge in [-0.15, -0.1) is 0 Å². The Morgan fingerprint density at radius 2 is 1.94 bits per heavy atom. The van der Waals surface area contributed by atoms with Crippen molar-refractivity contribution in [3.8, 4) is 17.2 Å². The first-order valence-corrected chi connectivity index (χ1v) is 12.3. The summed E-state index contributed by atoms with van der Waals surface area (Å²) in [6, 6.07) is 15.0. The van der Waals surface area contributed by atoms with Crippen LogP contribution in [0.15, 0.2) is 65.1 Å². The van der Waals surface area contributed by atoms with Crippen molar-refractivity contribution in [1.82, 2.24) is 9.88 Å². The standard InChI is InChI=1S/C29H32N2O5/c1-4-5-7-12-27(32)31-19-23-17-24(14-13-22(23)18-26(31)29(33)34-3)35-16-15-25-20(2)36-28(30-25)21-10-8-6-9-11-21/h5-11,13-14,17,26H,4,12,15-16,18-19H2,1-3H3/b7-5+/t26-/m0/s1. The molecule has 7 nitrogen and oxygen atoms in total. The molecule has 0 radical (unpaired) electrons. The van der Waals surface area contributed by atoms with Gasteiger partial charge in [0.2, 0.25) is 11.8 Å². The molecule has 0 N–H and O–H groups in total. The Labute approximate surface area is 211 Å². The first-order valence-electron chi connectivity index (χ1n) is 12.3. The summed E-state index contributed by atoms with van der Waals surface area (Å²) in [4.78, 5) is 31.5. The molecule has 7 heteroatoms. The fraction of sp³-hybridized carbons (Fsp3) is 0.345. The molecule has 0 bridgehead atoms. The maximum atomic E-state index is 12.9. The van der Waals surface area contributed by atoms with Gasteiger partial charge in [0.05, 0.1) is 19.4 Å². The summed E-state index contributed by atoms with van der Waals surface area (Å²) < 4.78 is 16.8. The molecular formula is C29H32N2O5. The zero-order chi connectivity index (χ0) is 25.5. The first-order chi connectivity index (χ1) is 17.5. The van der Waals surface area contributed by atoms with Crippen molar-refractivity contribution in [2.45, 2.75) is 52.1 Å². The number of nitrogens with zero attached hydrogens (tertiary/aromatic N) is 2. The van der Waals surface area contributed by atoms with Crippen molar-refractivity contribution >= 4 is 11.9 Å². The van der Waals surface area contributed by atoms with Crippen LogP contribution in [0.3, 0.4) is 0 Å². The van der Waals surface area contributed by atoms with Crippen LogP contribution in [0.25, 0.3) is 11.5 Å². The largest absolute Gasteiger partial charge is 0.493 e. The molecule has 2 aromatic carbocycles. The summed E-state index contributed by atoms with van der Waals surface area (Å²) in [7, 11) is 1.35. The molecule has 0 saturated heterocycles. The Balaban J connectivity index is 1.42. The molecule has 0 unspecified atom stereocenters. The number of fused-ring (bicyclic) bond motifs is 1. The van der Waals surface area contributed by atoms with Crippen LogP contribution in [0.5, 0.6) is 5.75 Å². The van der Waals surface area contributed by atoms with Crippen LogP contribution in [0, 0.1) is 6.92 Å². The van der Waals surface area contributed by atoms with Crippen molar-refractivity contribution in [3.05, 3.63) is 83.3 Å². The van der Waals surface area contributed by atoms with Gasteiger partial charge in [-0.05, 0) is 48.7 Å². The first kappa shape index (κ1) is 25.2. The van der Waals surface area contributed by atoms with Crippen LogP contribution < -0.4 is 4.74 Å². The number of esters is 1. The Morgan fingerprint density at radius 1 is 1.14 bits per heavy atom. The number of amides is 1. The van der Waals surface area contributed by atoms with E-state index in [-0.39, 0.29) is 12.3 Å². The number of carbonyl (C=O) groups excluding carboxylic acids is 2. The molecule has 1 aromatic heterocycles. The second kappa shape index (κ2) is 11.7. The minimum Gasteiger partial charge on any atom is -0.493 e. The molecule has 3 aromatic rings. The van der Waals surface area contributed by atoms with Crippen molar-refractivity contribution in [2.24, 2.45) is 0 Å². The highest BCUT2D eigenvalue weighted by Gasteiger charge is 2.35. The summed E-state index contributed by atoms with van der Waals surface area (Å²) in [6.45, 7) is 4.71. The third kappa shape index (κ3) is 5.85. The number of oxazole rings is 1. The molecule has 1 aliphatic heterocycles. The zero-order valence-electron chi connectivity index (χ0n) is 21.0. The number of allylic oxidation sites excluding steroid dienone is 1. The number of hydrogen-bond acceptors (Lipinski definition) is 6. The van der Waals surface area contributed by atoms with Gasteiger partial charge in [0.15, 0.2) is 0 Å². The summed E-state index contributed by atoms with van der Waals surface area (Å²) >= 11 is 0. The molecular weight excluding hydrogens is 456 g/mol. The smallest absolute Gasteiger partial charge is 0.328 e. The highest BCUT2D eigenvalue weighted by atomic mass is 16.5. The van der Waals surface area contributed by atoms with Crippen LogP contribution >= 0.6 is 0 Å². The Hall–Kier alpha value is -3.87. The molecule has 1 amide bonds. The fourth-order valence-electron chi connectivity index (χ4n) is 4.36. The van der Waals surface area contributed by atoms with Gasteiger partial charge in [0.25, 0.3) is 0 Å². The normalized spacial score (nSPS) is 15.1. The van der Waals surface area contributed by atoms with E-state index in [0.717, 1.165) is 34.6 Å². The van der Waals surface area contributed by atoms with Crippen LogP contribution in [-0.4, -0.2) is 41.5 Å². The summed E-state index contributed by atoms with van der Waals surface area (Å²) in [5, 5.41) is 0. The van der Waals surface area contributed by atoms with Gasteiger partial charge in [0.1, 0.15) is 17.6 Å². The minimum absolute atomic E-state index is 0.0946. The number of methoxy groups -OCH3 is 1. The lowest BCUT2D eigenvalue weighted by molar-refractivity contribution is -0.153. The molecule has 0 saturated carbocycles. The highest BCUT2D eigenvalue weighted by molar-refractivity contribution is 5.86. The zero-order valence-corrected chi connectivity index (χ0v) is 21.0. The third-order valence-electron chi connectivity index (χ3n) is 6.32. The van der Waals surface area contributed by atoms with E-state index in [1.54, 1.807) is 4.90 Å². The number of ether oxygens (including phenoxy) is 2. The molecule has 1 aliphatic rings. The van der Waals surface area contributed by atoms with Gasteiger partial charge in [-0.25, -0.2) is 9.78 Å². The molecule has 2 heterocycles. The average Bonchev–Trinajstić information content (AvgIpc) is 3.28. The summed E-state index contributed by atoms with van der Waals surface area (Å²) in [6.07, 6.45) is 5.95. The van der Waals surface area contributed by atoms with Gasteiger partial charge >= 0.3 is 5.97 Å².